The van der Waals surface area contributed by atoms with Crippen LogP contribution in [0.2, 0.25) is 0 Å². The van der Waals surface area contributed by atoms with Crippen LogP contribution in [-0.2, 0) is 31.9 Å². The first-order chi connectivity index (χ1) is 14.3. The van der Waals surface area contributed by atoms with E-state index in [2.05, 4.69) is 15.4 Å². The molecule has 1 aromatic carbocycles. The first-order valence-corrected chi connectivity index (χ1v) is 11.8. The van der Waals surface area contributed by atoms with Crippen molar-refractivity contribution in [2.24, 2.45) is 0 Å². The van der Waals surface area contributed by atoms with Gasteiger partial charge < -0.3 is 10.6 Å². The molecule has 0 unspecified atom stereocenters. The molecule has 164 valence electrons. The Morgan fingerprint density at radius 1 is 1.13 bits per heavy atom. The van der Waals surface area contributed by atoms with Gasteiger partial charge in [-0.25, -0.2) is 17.9 Å². The Morgan fingerprint density at radius 3 is 2.47 bits per heavy atom. The lowest BCUT2D eigenvalue weighted by Crippen LogP contribution is -2.48. The monoisotopic (exact) mass is 436 g/mol. The number of hydrogen-bond acceptors (Lipinski definition) is 5. The van der Waals surface area contributed by atoms with E-state index in [4.69, 9.17) is 0 Å². The van der Waals surface area contributed by atoms with E-state index in [1.807, 2.05) is 0 Å². The molecule has 30 heavy (non-hydrogen) atoms. The molecule has 4 amide bonds. The molecular weight excluding hydrogens is 408 g/mol. The number of amides is 4. The maximum Gasteiger partial charge on any atom is 0.325 e. The van der Waals surface area contributed by atoms with Crippen molar-refractivity contribution in [1.82, 2.24) is 20.3 Å². The summed E-state index contributed by atoms with van der Waals surface area (Å²) in [7, 11) is -2.08. The lowest BCUT2D eigenvalue weighted by Gasteiger charge is -2.30. The average molecular weight is 437 g/mol. The number of rotatable bonds is 8. The number of carbonyl (C=O) groups is 3. The van der Waals surface area contributed by atoms with Crippen LogP contribution in [0.15, 0.2) is 24.3 Å². The van der Waals surface area contributed by atoms with Crippen LogP contribution in [0.3, 0.4) is 0 Å². The van der Waals surface area contributed by atoms with Crippen molar-refractivity contribution in [1.29, 1.82) is 0 Å². The van der Waals surface area contributed by atoms with E-state index in [1.165, 1.54) is 7.05 Å². The van der Waals surface area contributed by atoms with Gasteiger partial charge in [0.1, 0.15) is 5.54 Å². The molecule has 1 saturated carbocycles. The van der Waals surface area contributed by atoms with Gasteiger partial charge in [0.15, 0.2) is 0 Å². The molecule has 1 aliphatic heterocycles. The molecule has 10 heteroatoms. The van der Waals surface area contributed by atoms with E-state index in [0.29, 0.717) is 24.0 Å². The maximum absolute atomic E-state index is 12.7. The summed E-state index contributed by atoms with van der Waals surface area (Å²) in [5.41, 5.74) is 0.505. The molecule has 1 spiro atoms. The normalized spacial score (nSPS) is 18.5. The third-order valence-corrected chi connectivity index (χ3v) is 7.08. The van der Waals surface area contributed by atoms with E-state index in [-0.39, 0.29) is 37.1 Å². The summed E-state index contributed by atoms with van der Waals surface area (Å²) in [4.78, 5) is 38.4. The molecule has 0 radical (unpaired) electrons. The van der Waals surface area contributed by atoms with Gasteiger partial charge in [-0.05, 0) is 31.0 Å². The molecule has 0 atom stereocenters. The van der Waals surface area contributed by atoms with Crippen LogP contribution in [0, 0.1) is 0 Å². The van der Waals surface area contributed by atoms with Gasteiger partial charge in [0.25, 0.3) is 5.91 Å². The fourth-order valence-corrected chi connectivity index (χ4v) is 4.85. The molecule has 0 bridgehead atoms. The summed E-state index contributed by atoms with van der Waals surface area (Å²) >= 11 is 0. The number of hydrogen-bond donors (Lipinski definition) is 3. The molecule has 2 aliphatic rings. The molecular formula is C20H28N4O5S. The van der Waals surface area contributed by atoms with Crippen molar-refractivity contribution < 1.29 is 22.8 Å². The lowest BCUT2D eigenvalue weighted by molar-refractivity contribution is -0.132. The standard InChI is InChI=1S/C20H28N4O5S/c1-21-30(28,29)14-16-8-4-3-7-15(16)13-22-17(25)9-12-24-18(26)20(23-19(24)27)10-5-2-6-11-20/h3-4,7-8,21H,2,5-6,9-14H2,1H3,(H,22,25)(H,23,27). The van der Waals surface area contributed by atoms with E-state index >= 15 is 0 Å². The second-order valence-corrected chi connectivity index (χ2v) is 9.71. The van der Waals surface area contributed by atoms with Crippen LogP contribution in [-0.4, -0.2) is 50.3 Å². The molecule has 1 aromatic rings. The maximum atomic E-state index is 12.7. The summed E-state index contributed by atoms with van der Waals surface area (Å²) in [6.07, 6.45) is 4.15. The number of sulfonamides is 1. The van der Waals surface area contributed by atoms with Crippen molar-refractivity contribution in [3.8, 4) is 0 Å². The Hall–Kier alpha value is -2.46. The van der Waals surface area contributed by atoms with Crippen molar-refractivity contribution >= 4 is 27.9 Å². The van der Waals surface area contributed by atoms with Crippen LogP contribution >= 0.6 is 0 Å². The zero-order valence-electron chi connectivity index (χ0n) is 17.1. The average Bonchev–Trinajstić information content (AvgIpc) is 2.95. The van der Waals surface area contributed by atoms with Crippen molar-refractivity contribution in [2.75, 3.05) is 13.6 Å². The Kier molecular flexibility index (Phi) is 6.77. The summed E-state index contributed by atoms with van der Waals surface area (Å²) in [5.74, 6) is -0.728. The van der Waals surface area contributed by atoms with Gasteiger partial charge >= 0.3 is 6.03 Å². The van der Waals surface area contributed by atoms with Crippen molar-refractivity contribution in [2.45, 2.75) is 56.4 Å². The summed E-state index contributed by atoms with van der Waals surface area (Å²) in [6, 6.07) is 6.54. The van der Waals surface area contributed by atoms with Gasteiger partial charge in [0, 0.05) is 19.5 Å². The highest BCUT2D eigenvalue weighted by atomic mass is 32.2. The fraction of sp³-hybridized carbons (Fsp3) is 0.550. The number of benzene rings is 1. The number of imide groups is 1. The molecule has 1 heterocycles. The topological polar surface area (TPSA) is 125 Å². The second kappa shape index (κ2) is 9.13. The fourth-order valence-electron chi connectivity index (χ4n) is 4.02. The highest BCUT2D eigenvalue weighted by Crippen LogP contribution is 2.33. The smallest absolute Gasteiger partial charge is 0.325 e. The van der Waals surface area contributed by atoms with Crippen molar-refractivity contribution in [3.05, 3.63) is 35.4 Å². The lowest BCUT2D eigenvalue weighted by atomic mass is 9.82. The van der Waals surface area contributed by atoms with Crippen LogP contribution in [0.1, 0.15) is 49.7 Å². The predicted molar refractivity (Wildman–Crippen MR) is 111 cm³/mol. The third kappa shape index (κ3) is 4.99. The van der Waals surface area contributed by atoms with E-state index < -0.39 is 21.6 Å². The Morgan fingerprint density at radius 2 is 1.80 bits per heavy atom. The van der Waals surface area contributed by atoms with Crippen molar-refractivity contribution in [3.63, 3.8) is 0 Å². The van der Waals surface area contributed by atoms with Crippen LogP contribution in [0.4, 0.5) is 4.79 Å². The van der Waals surface area contributed by atoms with E-state index in [9.17, 15) is 22.8 Å². The third-order valence-electron chi connectivity index (χ3n) is 5.77. The molecule has 1 aliphatic carbocycles. The van der Waals surface area contributed by atoms with Gasteiger partial charge in [0.05, 0.1) is 5.75 Å². The molecule has 1 saturated heterocycles. The minimum absolute atomic E-state index is 0.00772. The predicted octanol–water partition coefficient (Wildman–Crippen LogP) is 0.997. The Labute approximate surface area is 176 Å². The minimum atomic E-state index is -3.43. The number of urea groups is 1. The van der Waals surface area contributed by atoms with Gasteiger partial charge in [-0.15, -0.1) is 0 Å². The number of nitrogens with one attached hydrogen (secondary N) is 3. The SMILES string of the molecule is CNS(=O)(=O)Cc1ccccc1CNC(=O)CCN1C(=O)NC2(CCCCC2)C1=O. The minimum Gasteiger partial charge on any atom is -0.352 e. The quantitative estimate of drug-likeness (QED) is 0.524. The molecule has 2 fully saturated rings. The highest BCUT2D eigenvalue weighted by Gasteiger charge is 2.51. The first kappa shape index (κ1) is 22.2. The zero-order chi connectivity index (χ0) is 21.8. The van der Waals surface area contributed by atoms with Crippen LogP contribution in [0.5, 0.6) is 0 Å². The molecule has 9 nitrogen and oxygen atoms in total. The van der Waals surface area contributed by atoms with Gasteiger partial charge in [-0.1, -0.05) is 43.5 Å². The molecule has 3 rings (SSSR count). The highest BCUT2D eigenvalue weighted by molar-refractivity contribution is 7.88. The van der Waals surface area contributed by atoms with Crippen LogP contribution in [0.25, 0.3) is 0 Å². The largest absolute Gasteiger partial charge is 0.352 e. The second-order valence-electron chi connectivity index (χ2n) is 7.79. The van der Waals surface area contributed by atoms with Crippen LogP contribution < -0.4 is 15.4 Å². The zero-order valence-corrected chi connectivity index (χ0v) is 17.9. The van der Waals surface area contributed by atoms with Gasteiger partial charge in [-0.3, -0.25) is 14.5 Å². The van der Waals surface area contributed by atoms with E-state index in [0.717, 1.165) is 24.2 Å². The summed E-state index contributed by atoms with van der Waals surface area (Å²) in [5, 5.41) is 5.57. The summed E-state index contributed by atoms with van der Waals surface area (Å²) in [6.45, 7) is 0.187. The number of carbonyl (C=O) groups excluding carboxylic acids is 3. The first-order valence-electron chi connectivity index (χ1n) is 10.2. The summed E-state index contributed by atoms with van der Waals surface area (Å²) < 4.78 is 25.9. The molecule has 3 N–H and O–H groups in total. The Balaban J connectivity index is 1.54. The van der Waals surface area contributed by atoms with Gasteiger partial charge in [0.2, 0.25) is 15.9 Å². The van der Waals surface area contributed by atoms with E-state index in [1.54, 1.807) is 24.3 Å². The number of nitrogens with zero attached hydrogens (tertiary/aromatic N) is 1. The van der Waals surface area contributed by atoms with Gasteiger partial charge in [-0.2, -0.15) is 0 Å². The molecule has 0 aromatic heterocycles. The Bertz CT molecular complexity index is 925.